The number of ether oxygens (including phenoxy) is 1. The summed E-state index contributed by atoms with van der Waals surface area (Å²) < 4.78 is 6.76. The molecule has 1 unspecified atom stereocenters. The van der Waals surface area contributed by atoms with Crippen LogP contribution in [0.4, 0.5) is 0 Å². The Balaban J connectivity index is 1.75. The third-order valence-electron chi connectivity index (χ3n) is 2.69. The van der Waals surface area contributed by atoms with Gasteiger partial charge in [0, 0.05) is 11.8 Å². The molecule has 5 nitrogen and oxygen atoms in total. The average Bonchev–Trinajstić information content (AvgIpc) is 3.13. The fourth-order valence-corrected chi connectivity index (χ4v) is 4.06. The zero-order valence-electron chi connectivity index (χ0n) is 10.9. The minimum atomic E-state index is -0.196. The van der Waals surface area contributed by atoms with Crippen LogP contribution >= 0.6 is 34.9 Å². The SMILES string of the molecule is COC(=O)C(CCSc1nnc(SC)s1)NC1CC1. The first-order valence-corrected chi connectivity index (χ1v) is 9.09. The smallest absolute Gasteiger partial charge is 0.322 e. The largest absolute Gasteiger partial charge is 0.468 e. The summed E-state index contributed by atoms with van der Waals surface area (Å²) in [5.74, 6) is 0.664. The maximum atomic E-state index is 11.6. The molecular formula is C11H17N3O2S3. The van der Waals surface area contributed by atoms with Crippen LogP contribution in [0.1, 0.15) is 19.3 Å². The number of hydrogen-bond donors (Lipinski definition) is 1. The maximum absolute atomic E-state index is 11.6. The van der Waals surface area contributed by atoms with E-state index < -0.39 is 0 Å². The molecular weight excluding hydrogens is 302 g/mol. The van der Waals surface area contributed by atoms with E-state index in [1.807, 2.05) is 6.26 Å². The Hall–Kier alpha value is -0.310. The van der Waals surface area contributed by atoms with Gasteiger partial charge in [0.05, 0.1) is 7.11 Å². The van der Waals surface area contributed by atoms with Crippen LogP contribution in [0.15, 0.2) is 8.68 Å². The number of methoxy groups -OCH3 is 1. The van der Waals surface area contributed by atoms with Crippen LogP contribution in [0, 0.1) is 0 Å². The minimum Gasteiger partial charge on any atom is -0.468 e. The van der Waals surface area contributed by atoms with E-state index >= 15 is 0 Å². The quantitative estimate of drug-likeness (QED) is 0.581. The van der Waals surface area contributed by atoms with E-state index in [1.54, 1.807) is 34.9 Å². The molecule has 8 heteroatoms. The van der Waals surface area contributed by atoms with Crippen LogP contribution < -0.4 is 5.32 Å². The molecule has 1 aliphatic carbocycles. The molecule has 1 saturated carbocycles. The zero-order valence-corrected chi connectivity index (χ0v) is 13.4. The molecule has 1 heterocycles. The molecule has 19 heavy (non-hydrogen) atoms. The minimum absolute atomic E-state index is 0.172. The summed E-state index contributed by atoms with van der Waals surface area (Å²) in [4.78, 5) is 11.6. The van der Waals surface area contributed by atoms with Crippen molar-refractivity contribution in [2.24, 2.45) is 0 Å². The van der Waals surface area contributed by atoms with Crippen molar-refractivity contribution < 1.29 is 9.53 Å². The maximum Gasteiger partial charge on any atom is 0.322 e. The third kappa shape index (κ3) is 4.94. The van der Waals surface area contributed by atoms with E-state index in [2.05, 4.69) is 15.5 Å². The van der Waals surface area contributed by atoms with Gasteiger partial charge in [0.25, 0.3) is 0 Å². The predicted molar refractivity (Wildman–Crippen MR) is 79.0 cm³/mol. The molecule has 0 spiro atoms. The normalized spacial score (nSPS) is 16.3. The monoisotopic (exact) mass is 319 g/mol. The van der Waals surface area contributed by atoms with E-state index in [1.165, 1.54) is 7.11 Å². The van der Waals surface area contributed by atoms with Crippen molar-refractivity contribution in [2.75, 3.05) is 19.1 Å². The highest BCUT2D eigenvalue weighted by Crippen LogP contribution is 2.28. The second-order valence-corrected chi connectivity index (χ2v) is 7.56. The van der Waals surface area contributed by atoms with Crippen LogP contribution in [0.5, 0.6) is 0 Å². The summed E-state index contributed by atoms with van der Waals surface area (Å²) in [6, 6.07) is 0.302. The van der Waals surface area contributed by atoms with Crippen molar-refractivity contribution in [2.45, 2.75) is 40.0 Å². The average molecular weight is 319 g/mol. The van der Waals surface area contributed by atoms with Crippen LogP contribution in [-0.4, -0.2) is 47.4 Å². The Kier molecular flexibility index (Phi) is 5.93. The number of carbonyl (C=O) groups excluding carboxylic acids is 1. The molecule has 0 bridgehead atoms. The molecule has 0 amide bonds. The second kappa shape index (κ2) is 7.47. The molecule has 1 aromatic heterocycles. The Morgan fingerprint density at radius 2 is 2.26 bits per heavy atom. The summed E-state index contributed by atoms with van der Waals surface area (Å²) in [6.07, 6.45) is 5.06. The second-order valence-electron chi connectivity index (χ2n) is 4.19. The molecule has 0 aliphatic heterocycles. The fraction of sp³-hybridized carbons (Fsp3) is 0.727. The van der Waals surface area contributed by atoms with E-state index in [0.29, 0.717) is 6.04 Å². The molecule has 0 aromatic carbocycles. The summed E-state index contributed by atoms with van der Waals surface area (Å²) >= 11 is 4.84. The summed E-state index contributed by atoms with van der Waals surface area (Å²) in [6.45, 7) is 0. The van der Waals surface area contributed by atoms with E-state index in [4.69, 9.17) is 4.74 Å². The van der Waals surface area contributed by atoms with Gasteiger partial charge in [0.15, 0.2) is 8.68 Å². The lowest BCUT2D eigenvalue weighted by molar-refractivity contribution is -0.143. The van der Waals surface area contributed by atoms with Crippen LogP contribution in [-0.2, 0) is 9.53 Å². The Labute approximate surface area is 125 Å². The highest BCUT2D eigenvalue weighted by Gasteiger charge is 2.28. The zero-order chi connectivity index (χ0) is 13.7. The lowest BCUT2D eigenvalue weighted by atomic mass is 10.2. The van der Waals surface area contributed by atoms with Crippen LogP contribution in [0.25, 0.3) is 0 Å². The molecule has 1 fully saturated rings. The molecule has 1 N–H and O–H groups in total. The molecule has 0 radical (unpaired) electrons. The first-order chi connectivity index (χ1) is 9.22. The van der Waals surface area contributed by atoms with Gasteiger partial charge in [0.1, 0.15) is 6.04 Å². The highest BCUT2D eigenvalue weighted by molar-refractivity contribution is 8.02. The van der Waals surface area contributed by atoms with E-state index in [-0.39, 0.29) is 12.0 Å². The molecule has 2 rings (SSSR count). The summed E-state index contributed by atoms with van der Waals surface area (Å²) in [5, 5.41) is 11.5. The Morgan fingerprint density at radius 3 is 2.84 bits per heavy atom. The third-order valence-corrected chi connectivity index (χ3v) is 5.76. The van der Waals surface area contributed by atoms with Gasteiger partial charge in [-0.1, -0.05) is 34.9 Å². The highest BCUT2D eigenvalue weighted by atomic mass is 32.2. The Bertz CT molecular complexity index is 423. The number of thioether (sulfide) groups is 2. The van der Waals surface area contributed by atoms with Crippen molar-refractivity contribution in [3.05, 3.63) is 0 Å². The van der Waals surface area contributed by atoms with Gasteiger partial charge in [-0.15, -0.1) is 10.2 Å². The number of esters is 1. The first-order valence-electron chi connectivity index (χ1n) is 6.07. The number of nitrogens with one attached hydrogen (secondary N) is 1. The standard InChI is InChI=1S/C11H17N3O2S3/c1-16-9(15)8(12-7-3-4-7)5-6-18-11-14-13-10(17-2)19-11/h7-8,12H,3-6H2,1-2H3. The molecule has 1 aromatic rings. The van der Waals surface area contributed by atoms with Gasteiger partial charge < -0.3 is 10.1 Å². The molecule has 106 valence electrons. The van der Waals surface area contributed by atoms with Gasteiger partial charge in [-0.05, 0) is 25.5 Å². The van der Waals surface area contributed by atoms with Crippen molar-refractivity contribution in [3.8, 4) is 0 Å². The first kappa shape index (κ1) is 15.1. The molecule has 0 saturated heterocycles. The van der Waals surface area contributed by atoms with Gasteiger partial charge in [0.2, 0.25) is 0 Å². The van der Waals surface area contributed by atoms with Crippen molar-refractivity contribution in [3.63, 3.8) is 0 Å². The van der Waals surface area contributed by atoms with Crippen molar-refractivity contribution in [1.29, 1.82) is 0 Å². The van der Waals surface area contributed by atoms with Crippen LogP contribution in [0.2, 0.25) is 0 Å². The van der Waals surface area contributed by atoms with Gasteiger partial charge in [-0.25, -0.2) is 0 Å². The van der Waals surface area contributed by atoms with Crippen molar-refractivity contribution in [1.82, 2.24) is 15.5 Å². The summed E-state index contributed by atoms with van der Waals surface area (Å²) in [5.41, 5.74) is 0. The number of hydrogen-bond acceptors (Lipinski definition) is 8. The van der Waals surface area contributed by atoms with Crippen LogP contribution in [0.3, 0.4) is 0 Å². The summed E-state index contributed by atoms with van der Waals surface area (Å²) in [7, 11) is 1.44. The molecule has 1 aliphatic rings. The number of aromatic nitrogens is 2. The van der Waals surface area contributed by atoms with Crippen molar-refractivity contribution >= 4 is 40.8 Å². The predicted octanol–water partition coefficient (Wildman–Crippen LogP) is 2.04. The lowest BCUT2D eigenvalue weighted by Crippen LogP contribution is -2.39. The van der Waals surface area contributed by atoms with Gasteiger partial charge in [-0.2, -0.15) is 0 Å². The molecule has 1 atom stereocenters. The van der Waals surface area contributed by atoms with Gasteiger partial charge >= 0.3 is 5.97 Å². The van der Waals surface area contributed by atoms with E-state index in [0.717, 1.165) is 33.7 Å². The fourth-order valence-electron chi connectivity index (χ4n) is 1.55. The van der Waals surface area contributed by atoms with Gasteiger partial charge in [-0.3, -0.25) is 4.79 Å². The number of rotatable bonds is 8. The lowest BCUT2D eigenvalue weighted by Gasteiger charge is -2.15. The topological polar surface area (TPSA) is 64.1 Å². The number of nitrogens with zero attached hydrogens (tertiary/aromatic N) is 2. The number of carbonyl (C=O) groups is 1. The Morgan fingerprint density at radius 1 is 1.53 bits per heavy atom. The van der Waals surface area contributed by atoms with E-state index in [9.17, 15) is 4.79 Å².